The Balaban J connectivity index is 1.64. The fourth-order valence-corrected chi connectivity index (χ4v) is 4.67. The van der Waals surface area contributed by atoms with Crippen molar-refractivity contribution in [2.24, 2.45) is 4.99 Å². The Kier molecular flexibility index (Phi) is 9.71. The van der Waals surface area contributed by atoms with Crippen LogP contribution in [0.4, 0.5) is 10.1 Å². The van der Waals surface area contributed by atoms with E-state index in [0.29, 0.717) is 35.1 Å². The van der Waals surface area contributed by atoms with Crippen molar-refractivity contribution in [1.82, 2.24) is 10.3 Å². The number of rotatable bonds is 10. The number of hydrogen-bond donors (Lipinski definition) is 2. The summed E-state index contributed by atoms with van der Waals surface area (Å²) in [6.07, 6.45) is -0.538. The summed E-state index contributed by atoms with van der Waals surface area (Å²) in [5, 5.41) is 5.94. The van der Waals surface area contributed by atoms with Crippen LogP contribution in [0, 0.1) is 5.82 Å². The molecule has 13 heteroatoms. The Morgan fingerprint density at radius 2 is 1.79 bits per heavy atom. The molecule has 2 heterocycles. The highest BCUT2D eigenvalue weighted by molar-refractivity contribution is 6.44. The summed E-state index contributed by atoms with van der Waals surface area (Å²) in [5.74, 6) is -2.41. The first-order chi connectivity index (χ1) is 18.8. The molecule has 0 bridgehead atoms. The number of methoxy groups -OCH3 is 1. The van der Waals surface area contributed by atoms with Crippen LogP contribution >= 0.6 is 34.8 Å². The lowest BCUT2D eigenvalue weighted by atomic mass is 10.0. The molecule has 1 aliphatic rings. The fraction of sp³-hybridized carbons (Fsp3) is 0.231. The van der Waals surface area contributed by atoms with Gasteiger partial charge >= 0.3 is 0 Å². The first kappa shape index (κ1) is 28.7. The van der Waals surface area contributed by atoms with Crippen LogP contribution in [0.3, 0.4) is 0 Å². The molecule has 3 aromatic rings. The number of nitrogens with one attached hydrogen (secondary N) is 2. The minimum Gasteiger partial charge on any atom is -0.475 e. The summed E-state index contributed by atoms with van der Waals surface area (Å²) in [7, 11) is 1.55. The molecule has 2 aromatic carbocycles. The van der Waals surface area contributed by atoms with E-state index in [-0.39, 0.29) is 40.4 Å². The number of amides is 2. The van der Waals surface area contributed by atoms with Crippen molar-refractivity contribution < 1.29 is 28.2 Å². The number of ether oxygens (including phenoxy) is 3. The number of carbonyl (C=O) groups excluding carboxylic acids is 2. The van der Waals surface area contributed by atoms with Crippen LogP contribution in [0.1, 0.15) is 21.5 Å². The fourth-order valence-electron chi connectivity index (χ4n) is 3.67. The second-order valence-electron chi connectivity index (χ2n) is 8.09. The summed E-state index contributed by atoms with van der Waals surface area (Å²) in [4.78, 5) is 34.8. The molecule has 2 N–H and O–H groups in total. The Morgan fingerprint density at radius 3 is 2.54 bits per heavy atom. The van der Waals surface area contributed by atoms with E-state index in [0.717, 1.165) is 12.3 Å². The molecule has 1 aliphatic heterocycles. The van der Waals surface area contributed by atoms with Gasteiger partial charge in [-0.15, -0.1) is 0 Å². The largest absolute Gasteiger partial charge is 0.475 e. The summed E-state index contributed by atoms with van der Waals surface area (Å²) in [6.45, 7) is 0.983. The second-order valence-corrected chi connectivity index (χ2v) is 9.34. The van der Waals surface area contributed by atoms with Gasteiger partial charge in [0.05, 0.1) is 47.5 Å². The third-order valence-electron chi connectivity index (χ3n) is 5.42. The lowest BCUT2D eigenvalue weighted by Gasteiger charge is -2.16. The highest BCUT2D eigenvalue weighted by Crippen LogP contribution is 2.34. The van der Waals surface area contributed by atoms with E-state index in [9.17, 15) is 14.0 Å². The smallest absolute Gasteiger partial charge is 0.269 e. The average Bonchev–Trinajstić information content (AvgIpc) is 3.02. The molecule has 0 spiro atoms. The zero-order valence-corrected chi connectivity index (χ0v) is 22.7. The Labute approximate surface area is 238 Å². The molecule has 0 aliphatic carbocycles. The number of carbonyl (C=O) groups is 2. The normalized spacial score (nSPS) is 14.6. The van der Waals surface area contributed by atoms with E-state index in [4.69, 9.17) is 49.0 Å². The van der Waals surface area contributed by atoms with Gasteiger partial charge in [-0.1, -0.05) is 53.0 Å². The van der Waals surface area contributed by atoms with Gasteiger partial charge in [0.15, 0.2) is 0 Å². The number of halogens is 4. The van der Waals surface area contributed by atoms with E-state index in [1.54, 1.807) is 31.4 Å². The van der Waals surface area contributed by atoms with Gasteiger partial charge in [0.2, 0.25) is 12.0 Å². The molecule has 4 rings (SSSR count). The number of nitrogens with zero attached hydrogens (tertiary/aromatic N) is 2. The van der Waals surface area contributed by atoms with Gasteiger partial charge in [0.25, 0.3) is 11.8 Å². The van der Waals surface area contributed by atoms with Gasteiger partial charge in [-0.05, 0) is 24.3 Å². The molecule has 39 heavy (non-hydrogen) atoms. The quantitative estimate of drug-likeness (QED) is 0.327. The number of benzene rings is 2. The van der Waals surface area contributed by atoms with Crippen molar-refractivity contribution in [2.45, 2.75) is 6.17 Å². The molecule has 2 amide bonds. The van der Waals surface area contributed by atoms with Gasteiger partial charge in [-0.3, -0.25) is 9.59 Å². The first-order valence-electron chi connectivity index (χ1n) is 11.6. The van der Waals surface area contributed by atoms with E-state index in [2.05, 4.69) is 20.6 Å². The number of aliphatic imine (C=N–C) groups is 1. The van der Waals surface area contributed by atoms with Crippen molar-refractivity contribution in [1.29, 1.82) is 0 Å². The van der Waals surface area contributed by atoms with Gasteiger partial charge < -0.3 is 24.8 Å². The van der Waals surface area contributed by atoms with Crippen LogP contribution < -0.4 is 15.4 Å². The van der Waals surface area contributed by atoms with E-state index in [1.165, 1.54) is 12.1 Å². The van der Waals surface area contributed by atoms with Crippen LogP contribution in [0.25, 0.3) is 0 Å². The predicted octanol–water partition coefficient (Wildman–Crippen LogP) is 4.77. The van der Waals surface area contributed by atoms with Crippen LogP contribution in [-0.2, 0) is 14.3 Å². The molecular formula is C26H22Cl3FN4O5. The third-order valence-corrected chi connectivity index (χ3v) is 6.23. The number of aromatic nitrogens is 1. The van der Waals surface area contributed by atoms with Crippen LogP contribution in [0.15, 0.2) is 53.7 Å². The third kappa shape index (κ3) is 7.03. The number of fused-ring (bicyclic) bond motifs is 1. The van der Waals surface area contributed by atoms with E-state index < -0.39 is 23.8 Å². The standard InChI is InChI=1S/C26H22Cl3FN4O5/c1-37-6-7-38-8-9-39-26-17(12-15(30)13-31-26)24(35)34-23-25(36)32-20-5-3-2-4-16(20)22(33-23)21-18(28)10-14(27)11-19(21)29/h2-5,10-13,23H,6-9H2,1H3,(H,32,36)(H,34,35). The van der Waals surface area contributed by atoms with Crippen LogP contribution in [-0.4, -0.2) is 62.2 Å². The molecule has 1 unspecified atom stereocenters. The number of anilines is 1. The van der Waals surface area contributed by atoms with Crippen molar-refractivity contribution in [3.63, 3.8) is 0 Å². The SMILES string of the molecule is COCCOCCOc1ncc(F)cc1C(=O)NC1N=C(c2c(Cl)cc(Cl)cc2Cl)c2ccccc2NC1=O. The van der Waals surface area contributed by atoms with Crippen molar-refractivity contribution in [3.8, 4) is 5.88 Å². The second kappa shape index (κ2) is 13.2. The molecule has 0 fully saturated rings. The number of hydrogen-bond acceptors (Lipinski definition) is 7. The summed E-state index contributed by atoms with van der Waals surface area (Å²) in [5.41, 5.74) is 1.25. The van der Waals surface area contributed by atoms with E-state index >= 15 is 0 Å². The maximum absolute atomic E-state index is 14.1. The van der Waals surface area contributed by atoms with Gasteiger partial charge in [0.1, 0.15) is 18.0 Å². The zero-order valence-electron chi connectivity index (χ0n) is 20.5. The Morgan fingerprint density at radius 1 is 1.08 bits per heavy atom. The molecule has 0 saturated carbocycles. The molecule has 9 nitrogen and oxygen atoms in total. The minimum absolute atomic E-state index is 0.0394. The van der Waals surface area contributed by atoms with Crippen molar-refractivity contribution >= 4 is 58.0 Å². The van der Waals surface area contributed by atoms with Crippen molar-refractivity contribution in [3.05, 3.63) is 86.2 Å². The molecule has 1 atom stereocenters. The number of pyridine rings is 1. The number of benzodiazepines with no additional fused rings is 1. The summed E-state index contributed by atoms with van der Waals surface area (Å²) >= 11 is 19.0. The highest BCUT2D eigenvalue weighted by Gasteiger charge is 2.30. The number of para-hydroxylation sites is 1. The molecule has 0 radical (unpaired) electrons. The summed E-state index contributed by atoms with van der Waals surface area (Å²) < 4.78 is 29.8. The maximum Gasteiger partial charge on any atom is 0.269 e. The predicted molar refractivity (Wildman–Crippen MR) is 146 cm³/mol. The maximum atomic E-state index is 14.1. The first-order valence-corrected chi connectivity index (χ1v) is 12.7. The van der Waals surface area contributed by atoms with Gasteiger partial charge in [-0.2, -0.15) is 0 Å². The van der Waals surface area contributed by atoms with Crippen LogP contribution in [0.5, 0.6) is 5.88 Å². The lowest BCUT2D eigenvalue weighted by molar-refractivity contribution is -0.117. The van der Waals surface area contributed by atoms with E-state index in [1.807, 2.05) is 0 Å². The minimum atomic E-state index is -1.45. The lowest BCUT2D eigenvalue weighted by Crippen LogP contribution is -2.42. The van der Waals surface area contributed by atoms with Gasteiger partial charge in [0, 0.05) is 23.3 Å². The van der Waals surface area contributed by atoms with Crippen molar-refractivity contribution in [2.75, 3.05) is 38.9 Å². The topological polar surface area (TPSA) is 111 Å². The molecular weight excluding hydrogens is 574 g/mol. The average molecular weight is 596 g/mol. The molecule has 1 aromatic heterocycles. The molecule has 204 valence electrons. The zero-order chi connectivity index (χ0) is 27.9. The monoisotopic (exact) mass is 594 g/mol. The summed E-state index contributed by atoms with van der Waals surface area (Å²) in [6, 6.07) is 10.8. The van der Waals surface area contributed by atoms with Gasteiger partial charge in [-0.25, -0.2) is 14.4 Å². The Hall–Kier alpha value is -3.28. The Bertz CT molecular complexity index is 1400. The van der Waals surface area contributed by atoms with Crippen LogP contribution in [0.2, 0.25) is 15.1 Å². The molecule has 0 saturated heterocycles. The highest BCUT2D eigenvalue weighted by atomic mass is 35.5.